The fourth-order valence-electron chi connectivity index (χ4n) is 3.26. The highest BCUT2D eigenvalue weighted by atomic mass is 32.2. The van der Waals surface area contributed by atoms with Gasteiger partial charge in [-0.3, -0.25) is 4.21 Å². The van der Waals surface area contributed by atoms with Crippen LogP contribution in [-0.4, -0.2) is 57.8 Å². The Bertz CT molecular complexity index is 629. The topological polar surface area (TPSA) is 57.7 Å². The summed E-state index contributed by atoms with van der Waals surface area (Å²) in [5.41, 5.74) is 0. The maximum atomic E-state index is 13.0. The summed E-state index contributed by atoms with van der Waals surface area (Å²) in [7, 11) is -1.24. The van der Waals surface area contributed by atoms with E-state index in [1.807, 2.05) is 0 Å². The highest BCUT2D eigenvalue weighted by Gasteiger charge is 2.34. The summed E-state index contributed by atoms with van der Waals surface area (Å²) < 4.78 is 25.6. The average molecular weight is 352 g/mol. The quantitative estimate of drug-likeness (QED) is 0.782. The largest absolute Gasteiger partial charge is 0.325 e. The van der Waals surface area contributed by atoms with Crippen LogP contribution >= 0.6 is 0 Å². The summed E-state index contributed by atoms with van der Waals surface area (Å²) in [4.78, 5) is 27.5. The molecule has 2 atom stereocenters. The minimum atomic E-state index is -1.24. The number of piperidine rings is 1. The molecule has 0 radical (unpaired) electrons. The van der Waals surface area contributed by atoms with E-state index in [4.69, 9.17) is 0 Å². The van der Waals surface area contributed by atoms with Gasteiger partial charge in [-0.25, -0.2) is 9.18 Å². The average Bonchev–Trinajstić information content (AvgIpc) is 3.11. The molecule has 2 heterocycles. The lowest BCUT2D eigenvalue weighted by Gasteiger charge is -2.33. The normalized spacial score (nSPS) is 23.3. The van der Waals surface area contributed by atoms with Crippen LogP contribution in [-0.2, 0) is 15.6 Å². The van der Waals surface area contributed by atoms with E-state index in [0.29, 0.717) is 50.3 Å². The van der Waals surface area contributed by atoms with Gasteiger partial charge in [-0.05, 0) is 43.5 Å². The van der Waals surface area contributed by atoms with Crippen LogP contribution in [0.5, 0.6) is 0 Å². The molecular weight excluding hydrogens is 331 g/mol. The number of rotatable bonds is 3. The van der Waals surface area contributed by atoms with Gasteiger partial charge in [0.05, 0.1) is 16.0 Å². The summed E-state index contributed by atoms with van der Waals surface area (Å²) >= 11 is 0. The Labute approximate surface area is 143 Å². The molecule has 1 aromatic rings. The van der Waals surface area contributed by atoms with Crippen molar-refractivity contribution in [2.45, 2.75) is 29.4 Å². The molecule has 0 N–H and O–H groups in total. The van der Waals surface area contributed by atoms with Crippen molar-refractivity contribution in [1.82, 2.24) is 9.80 Å². The van der Waals surface area contributed by atoms with Gasteiger partial charge in [0.25, 0.3) is 0 Å². The van der Waals surface area contributed by atoms with Crippen molar-refractivity contribution in [3.8, 4) is 0 Å². The van der Waals surface area contributed by atoms with Crippen LogP contribution in [0.15, 0.2) is 29.2 Å². The van der Waals surface area contributed by atoms with Crippen molar-refractivity contribution >= 4 is 23.1 Å². The molecule has 0 spiro atoms. The molecule has 0 bridgehead atoms. The maximum absolute atomic E-state index is 13.0. The molecule has 2 unspecified atom stereocenters. The van der Waals surface area contributed by atoms with Gasteiger partial charge in [0.1, 0.15) is 12.1 Å². The van der Waals surface area contributed by atoms with Gasteiger partial charge >= 0.3 is 6.03 Å². The van der Waals surface area contributed by atoms with Crippen molar-refractivity contribution in [3.63, 3.8) is 0 Å². The van der Waals surface area contributed by atoms with Crippen LogP contribution in [0.3, 0.4) is 0 Å². The lowest BCUT2D eigenvalue weighted by atomic mass is 9.99. The van der Waals surface area contributed by atoms with E-state index in [2.05, 4.69) is 0 Å². The number of aldehydes is 1. The van der Waals surface area contributed by atoms with E-state index in [0.717, 1.165) is 6.29 Å². The van der Waals surface area contributed by atoms with Crippen molar-refractivity contribution in [3.05, 3.63) is 30.1 Å². The second-order valence-electron chi connectivity index (χ2n) is 6.35. The van der Waals surface area contributed by atoms with Gasteiger partial charge in [0.15, 0.2) is 0 Å². The minimum Gasteiger partial charge on any atom is -0.325 e. The predicted octanol–water partition coefficient (Wildman–Crippen LogP) is 2.04. The molecule has 130 valence electrons. The Kier molecular flexibility index (Phi) is 5.28. The molecule has 2 aliphatic rings. The van der Waals surface area contributed by atoms with Gasteiger partial charge < -0.3 is 14.6 Å². The molecule has 2 saturated heterocycles. The number of urea groups is 1. The van der Waals surface area contributed by atoms with Gasteiger partial charge in [-0.2, -0.15) is 0 Å². The zero-order valence-electron chi connectivity index (χ0n) is 13.4. The van der Waals surface area contributed by atoms with Crippen LogP contribution in [0.2, 0.25) is 0 Å². The van der Waals surface area contributed by atoms with Crippen LogP contribution in [0.25, 0.3) is 0 Å². The van der Waals surface area contributed by atoms with Crippen molar-refractivity contribution in [2.75, 3.05) is 26.2 Å². The highest BCUT2D eigenvalue weighted by Crippen LogP contribution is 2.23. The second kappa shape index (κ2) is 7.42. The molecule has 2 fully saturated rings. The fourth-order valence-corrected chi connectivity index (χ4v) is 4.69. The summed E-state index contributed by atoms with van der Waals surface area (Å²) in [6.07, 6.45) is 3.09. The van der Waals surface area contributed by atoms with Gasteiger partial charge in [0, 0.05) is 37.0 Å². The third-order valence-electron chi connectivity index (χ3n) is 4.77. The molecule has 7 heteroatoms. The Morgan fingerprint density at radius 3 is 2.33 bits per heavy atom. The third-order valence-corrected chi connectivity index (χ3v) is 6.49. The number of benzene rings is 1. The first-order valence-electron chi connectivity index (χ1n) is 8.24. The fraction of sp³-hybridized carbons (Fsp3) is 0.529. The molecular formula is C17H21FN2O3S. The van der Waals surface area contributed by atoms with Crippen LogP contribution < -0.4 is 0 Å². The Balaban J connectivity index is 1.57. The molecule has 5 nitrogen and oxygen atoms in total. The van der Waals surface area contributed by atoms with Crippen LogP contribution in [0, 0.1) is 11.7 Å². The Morgan fingerprint density at radius 1 is 1.08 bits per heavy atom. The standard InChI is InChI=1S/C17H21FN2O3S/c18-14-1-3-15(4-2-14)24(23)16-7-10-20(11-16)17(22)19-8-5-13(12-21)6-9-19/h1-4,12-13,16H,5-11H2. The number of hydrogen-bond acceptors (Lipinski definition) is 3. The lowest BCUT2D eigenvalue weighted by Crippen LogP contribution is -2.46. The number of carbonyl (C=O) groups is 2. The summed E-state index contributed by atoms with van der Waals surface area (Å²) in [6.45, 7) is 2.25. The number of amides is 2. The van der Waals surface area contributed by atoms with E-state index in [1.54, 1.807) is 21.9 Å². The molecule has 0 aliphatic carbocycles. The molecule has 2 amide bonds. The van der Waals surface area contributed by atoms with E-state index >= 15 is 0 Å². The number of carbonyl (C=O) groups excluding carboxylic acids is 2. The first kappa shape index (κ1) is 17.1. The van der Waals surface area contributed by atoms with E-state index in [9.17, 15) is 18.2 Å². The molecule has 24 heavy (non-hydrogen) atoms. The third kappa shape index (κ3) is 3.66. The van der Waals surface area contributed by atoms with Crippen LogP contribution in [0.4, 0.5) is 9.18 Å². The lowest BCUT2D eigenvalue weighted by molar-refractivity contribution is -0.112. The second-order valence-corrected chi connectivity index (χ2v) is 8.08. The summed E-state index contributed by atoms with van der Waals surface area (Å²) in [5, 5.41) is -0.119. The van der Waals surface area contributed by atoms with Crippen molar-refractivity contribution in [2.24, 2.45) is 5.92 Å². The van der Waals surface area contributed by atoms with E-state index in [-0.39, 0.29) is 23.0 Å². The van der Waals surface area contributed by atoms with Gasteiger partial charge in [-0.1, -0.05) is 0 Å². The summed E-state index contributed by atoms with van der Waals surface area (Å²) in [6, 6.07) is 5.67. The van der Waals surface area contributed by atoms with Crippen molar-refractivity contribution < 1.29 is 18.2 Å². The molecule has 2 aliphatic heterocycles. The smallest absolute Gasteiger partial charge is 0.320 e. The Hall–Kier alpha value is -1.76. The molecule has 3 rings (SSSR count). The number of halogens is 1. The van der Waals surface area contributed by atoms with Gasteiger partial charge in [-0.15, -0.1) is 0 Å². The number of hydrogen-bond donors (Lipinski definition) is 0. The van der Waals surface area contributed by atoms with Gasteiger partial charge in [0.2, 0.25) is 0 Å². The first-order chi connectivity index (χ1) is 11.6. The van der Waals surface area contributed by atoms with Crippen molar-refractivity contribution in [1.29, 1.82) is 0 Å². The van der Waals surface area contributed by atoms with E-state index in [1.165, 1.54) is 12.1 Å². The molecule has 0 aromatic heterocycles. The highest BCUT2D eigenvalue weighted by molar-refractivity contribution is 7.85. The summed E-state index contributed by atoms with van der Waals surface area (Å²) in [5.74, 6) is -0.288. The zero-order chi connectivity index (χ0) is 17.1. The first-order valence-corrected chi connectivity index (χ1v) is 9.45. The van der Waals surface area contributed by atoms with Crippen LogP contribution in [0.1, 0.15) is 19.3 Å². The van der Waals surface area contributed by atoms with E-state index < -0.39 is 10.8 Å². The predicted molar refractivity (Wildman–Crippen MR) is 88.5 cm³/mol. The SMILES string of the molecule is O=CC1CCN(C(=O)N2CCC(S(=O)c3ccc(F)cc3)C2)CC1. The number of nitrogens with zero attached hydrogens (tertiary/aromatic N) is 2. The molecule has 1 aromatic carbocycles. The Morgan fingerprint density at radius 2 is 1.71 bits per heavy atom. The number of likely N-dealkylation sites (tertiary alicyclic amines) is 2. The minimum absolute atomic E-state index is 0.0297. The monoisotopic (exact) mass is 352 g/mol. The zero-order valence-corrected chi connectivity index (χ0v) is 14.2. The maximum Gasteiger partial charge on any atom is 0.320 e. The molecule has 0 saturated carbocycles.